The predicted molar refractivity (Wildman–Crippen MR) is 58.0 cm³/mol. The maximum atomic E-state index is 6.05. The zero-order valence-corrected chi connectivity index (χ0v) is 9.38. The average molecular weight is 219 g/mol. The molecule has 0 aromatic rings. The summed E-state index contributed by atoms with van der Waals surface area (Å²) in [7, 11) is 0. The van der Waals surface area contributed by atoms with Crippen LogP contribution in [0.4, 0.5) is 0 Å². The number of hydrogen-bond acceptors (Lipinski definition) is 3. The molecule has 0 spiro atoms. The molecule has 2 aliphatic heterocycles. The summed E-state index contributed by atoms with van der Waals surface area (Å²) in [5.41, 5.74) is 0. The Morgan fingerprint density at radius 3 is 2.43 bits per heavy atom. The van der Waals surface area contributed by atoms with Gasteiger partial charge < -0.3 is 9.64 Å². The summed E-state index contributed by atoms with van der Waals surface area (Å²) >= 11 is 6.05. The molecule has 2 heterocycles. The van der Waals surface area contributed by atoms with E-state index in [4.69, 9.17) is 16.3 Å². The molecule has 1 atom stereocenters. The van der Waals surface area contributed by atoms with Gasteiger partial charge in [0, 0.05) is 38.1 Å². The summed E-state index contributed by atoms with van der Waals surface area (Å²) in [6, 6.07) is 0. The van der Waals surface area contributed by atoms with Crippen molar-refractivity contribution in [3.05, 3.63) is 0 Å². The van der Waals surface area contributed by atoms with Gasteiger partial charge >= 0.3 is 0 Å². The Labute approximate surface area is 90.9 Å². The third-order valence-corrected chi connectivity index (χ3v) is 3.41. The zero-order valence-electron chi connectivity index (χ0n) is 8.62. The molecule has 4 heteroatoms. The van der Waals surface area contributed by atoms with E-state index in [1.54, 1.807) is 0 Å². The van der Waals surface area contributed by atoms with Crippen LogP contribution >= 0.6 is 11.6 Å². The van der Waals surface area contributed by atoms with Crippen molar-refractivity contribution in [3.8, 4) is 0 Å². The van der Waals surface area contributed by atoms with E-state index >= 15 is 0 Å². The number of halogens is 1. The largest absolute Gasteiger partial charge is 0.379 e. The maximum Gasteiger partial charge on any atom is 0.0594 e. The van der Waals surface area contributed by atoms with Gasteiger partial charge in [-0.2, -0.15) is 0 Å². The lowest BCUT2D eigenvalue weighted by Gasteiger charge is -2.28. The monoisotopic (exact) mass is 218 g/mol. The molecule has 0 aliphatic carbocycles. The Hall–Kier alpha value is 0.170. The molecule has 0 aromatic carbocycles. The number of alkyl halides is 1. The number of nitrogens with zero attached hydrogens (tertiary/aromatic N) is 2. The van der Waals surface area contributed by atoms with Crippen LogP contribution in [0.25, 0.3) is 0 Å². The first kappa shape index (κ1) is 10.7. The van der Waals surface area contributed by atoms with Gasteiger partial charge in [-0.1, -0.05) is 0 Å². The maximum absolute atomic E-state index is 6.05. The lowest BCUT2D eigenvalue weighted by atomic mass is 10.4. The highest BCUT2D eigenvalue weighted by Crippen LogP contribution is 2.14. The smallest absolute Gasteiger partial charge is 0.0594 e. The van der Waals surface area contributed by atoms with Crippen molar-refractivity contribution in [3.63, 3.8) is 0 Å². The number of rotatable bonds is 3. The van der Waals surface area contributed by atoms with Gasteiger partial charge in [-0.05, 0) is 13.0 Å². The fourth-order valence-corrected chi connectivity index (χ4v) is 2.39. The summed E-state index contributed by atoms with van der Waals surface area (Å²) in [6.07, 6.45) is 1.16. The summed E-state index contributed by atoms with van der Waals surface area (Å²) in [6.45, 7) is 8.59. The fourth-order valence-electron chi connectivity index (χ4n) is 2.10. The van der Waals surface area contributed by atoms with E-state index in [2.05, 4.69) is 9.80 Å². The molecule has 82 valence electrons. The molecule has 0 bridgehead atoms. The van der Waals surface area contributed by atoms with Gasteiger partial charge in [0.2, 0.25) is 0 Å². The van der Waals surface area contributed by atoms with Crippen molar-refractivity contribution in [2.24, 2.45) is 0 Å². The number of likely N-dealkylation sites (tertiary alicyclic amines) is 1. The molecular formula is C10H19ClN2O. The van der Waals surface area contributed by atoms with Crippen LogP contribution in [0.5, 0.6) is 0 Å². The van der Waals surface area contributed by atoms with Crippen LogP contribution in [0.2, 0.25) is 0 Å². The third kappa shape index (κ3) is 3.09. The molecule has 2 rings (SSSR count). The molecule has 2 saturated heterocycles. The number of ether oxygens (including phenoxy) is 1. The van der Waals surface area contributed by atoms with Gasteiger partial charge in [0.15, 0.2) is 0 Å². The van der Waals surface area contributed by atoms with E-state index in [1.807, 2.05) is 0 Å². The Morgan fingerprint density at radius 2 is 1.79 bits per heavy atom. The van der Waals surface area contributed by atoms with E-state index in [0.29, 0.717) is 5.38 Å². The first-order valence-corrected chi connectivity index (χ1v) is 5.95. The molecule has 1 unspecified atom stereocenters. The molecule has 0 amide bonds. The van der Waals surface area contributed by atoms with Crippen molar-refractivity contribution >= 4 is 11.6 Å². The Bertz CT molecular complexity index is 169. The van der Waals surface area contributed by atoms with E-state index < -0.39 is 0 Å². The quantitative estimate of drug-likeness (QED) is 0.647. The summed E-state index contributed by atoms with van der Waals surface area (Å²) < 4.78 is 5.31. The van der Waals surface area contributed by atoms with Crippen LogP contribution in [-0.2, 0) is 4.74 Å². The SMILES string of the molecule is ClC1CCN(CCN2CCOCC2)C1. The second-order valence-corrected chi connectivity index (χ2v) is 4.76. The van der Waals surface area contributed by atoms with Crippen molar-refractivity contribution in [2.75, 3.05) is 52.5 Å². The lowest BCUT2D eigenvalue weighted by Crippen LogP contribution is -2.41. The highest BCUT2D eigenvalue weighted by Gasteiger charge is 2.20. The molecule has 2 fully saturated rings. The predicted octanol–water partition coefficient (Wildman–Crippen LogP) is 0.632. The van der Waals surface area contributed by atoms with Gasteiger partial charge in [-0.25, -0.2) is 0 Å². The first-order chi connectivity index (χ1) is 6.84. The minimum absolute atomic E-state index is 0.389. The molecule has 14 heavy (non-hydrogen) atoms. The van der Waals surface area contributed by atoms with Gasteiger partial charge in [0.05, 0.1) is 13.2 Å². The number of hydrogen-bond donors (Lipinski definition) is 0. The third-order valence-electron chi connectivity index (χ3n) is 3.05. The Morgan fingerprint density at radius 1 is 1.07 bits per heavy atom. The topological polar surface area (TPSA) is 15.7 Å². The van der Waals surface area contributed by atoms with Crippen LogP contribution in [0.1, 0.15) is 6.42 Å². The first-order valence-electron chi connectivity index (χ1n) is 5.51. The summed E-state index contributed by atoms with van der Waals surface area (Å²) in [4.78, 5) is 4.94. The standard InChI is InChI=1S/C10H19ClN2O/c11-10-1-2-13(9-10)4-3-12-5-7-14-8-6-12/h10H,1-9H2. The fraction of sp³-hybridized carbons (Fsp3) is 1.00. The van der Waals surface area contributed by atoms with Gasteiger partial charge in [0.25, 0.3) is 0 Å². The van der Waals surface area contributed by atoms with Crippen LogP contribution in [0, 0.1) is 0 Å². The zero-order chi connectivity index (χ0) is 9.80. The van der Waals surface area contributed by atoms with E-state index in [0.717, 1.165) is 39.3 Å². The van der Waals surface area contributed by atoms with Gasteiger partial charge in [-0.15, -0.1) is 11.6 Å². The second kappa shape index (κ2) is 5.31. The molecule has 0 radical (unpaired) electrons. The van der Waals surface area contributed by atoms with Crippen LogP contribution in [0.3, 0.4) is 0 Å². The van der Waals surface area contributed by atoms with Gasteiger partial charge in [-0.3, -0.25) is 4.90 Å². The molecular weight excluding hydrogens is 200 g/mol. The minimum Gasteiger partial charge on any atom is -0.379 e. The van der Waals surface area contributed by atoms with Crippen molar-refractivity contribution in [1.82, 2.24) is 9.80 Å². The molecule has 0 N–H and O–H groups in total. The van der Waals surface area contributed by atoms with Crippen molar-refractivity contribution in [1.29, 1.82) is 0 Å². The highest BCUT2D eigenvalue weighted by atomic mass is 35.5. The normalized spacial score (nSPS) is 31.1. The summed E-state index contributed by atoms with van der Waals surface area (Å²) in [5, 5.41) is 0.389. The van der Waals surface area contributed by atoms with Crippen LogP contribution in [0.15, 0.2) is 0 Å². The highest BCUT2D eigenvalue weighted by molar-refractivity contribution is 6.20. The molecule has 0 aromatic heterocycles. The van der Waals surface area contributed by atoms with Crippen LogP contribution < -0.4 is 0 Å². The van der Waals surface area contributed by atoms with E-state index in [9.17, 15) is 0 Å². The molecule has 3 nitrogen and oxygen atoms in total. The molecule has 0 saturated carbocycles. The number of morpholine rings is 1. The van der Waals surface area contributed by atoms with E-state index in [1.165, 1.54) is 19.6 Å². The average Bonchev–Trinajstić information content (AvgIpc) is 2.63. The van der Waals surface area contributed by atoms with E-state index in [-0.39, 0.29) is 0 Å². The second-order valence-electron chi connectivity index (χ2n) is 4.14. The van der Waals surface area contributed by atoms with Crippen molar-refractivity contribution in [2.45, 2.75) is 11.8 Å². The lowest BCUT2D eigenvalue weighted by molar-refractivity contribution is 0.0344. The summed E-state index contributed by atoms with van der Waals surface area (Å²) in [5.74, 6) is 0. The van der Waals surface area contributed by atoms with Gasteiger partial charge in [0.1, 0.15) is 0 Å². The molecule has 2 aliphatic rings. The van der Waals surface area contributed by atoms with Crippen LogP contribution in [-0.4, -0.2) is 67.7 Å². The Balaban J connectivity index is 1.61. The minimum atomic E-state index is 0.389. The Kier molecular flexibility index (Phi) is 4.05. The van der Waals surface area contributed by atoms with Crippen molar-refractivity contribution < 1.29 is 4.74 Å².